The van der Waals surface area contributed by atoms with Gasteiger partial charge in [0.25, 0.3) is 0 Å². The van der Waals surface area contributed by atoms with E-state index in [0.29, 0.717) is 0 Å². The second kappa shape index (κ2) is 5.29. The average Bonchev–Trinajstić information content (AvgIpc) is 2.95. The van der Waals surface area contributed by atoms with E-state index >= 15 is 0 Å². The van der Waals surface area contributed by atoms with Crippen LogP contribution >= 0.6 is 0 Å². The fourth-order valence-electron chi connectivity index (χ4n) is 2.37. The van der Waals surface area contributed by atoms with Crippen molar-refractivity contribution in [2.75, 3.05) is 12.4 Å². The van der Waals surface area contributed by atoms with Crippen LogP contribution in [0.15, 0.2) is 54.7 Å². The van der Waals surface area contributed by atoms with Crippen LogP contribution in [0.2, 0.25) is 0 Å². The van der Waals surface area contributed by atoms with Crippen molar-refractivity contribution >= 4 is 16.6 Å². The summed E-state index contributed by atoms with van der Waals surface area (Å²) in [5, 5.41) is 4.74. The first-order chi connectivity index (χ1) is 9.76. The van der Waals surface area contributed by atoms with E-state index in [1.807, 2.05) is 18.3 Å². The number of benzene rings is 2. The molecule has 1 atom stereocenters. The molecule has 3 rings (SSSR count). The van der Waals surface area contributed by atoms with Crippen LogP contribution in [-0.2, 0) is 0 Å². The Morgan fingerprint density at radius 2 is 1.85 bits per heavy atom. The van der Waals surface area contributed by atoms with Crippen molar-refractivity contribution in [2.45, 2.75) is 13.0 Å². The lowest BCUT2D eigenvalue weighted by Crippen LogP contribution is -2.06. The number of nitrogens with one attached hydrogen (secondary N) is 2. The number of anilines is 1. The van der Waals surface area contributed by atoms with Crippen molar-refractivity contribution < 1.29 is 4.74 Å². The Morgan fingerprint density at radius 3 is 2.60 bits per heavy atom. The molecular formula is C17H18N2O. The fourth-order valence-corrected chi connectivity index (χ4v) is 2.37. The van der Waals surface area contributed by atoms with Gasteiger partial charge in [-0.2, -0.15) is 0 Å². The Bertz CT molecular complexity index is 700. The largest absolute Gasteiger partial charge is 0.497 e. The third-order valence-corrected chi connectivity index (χ3v) is 3.55. The molecule has 20 heavy (non-hydrogen) atoms. The molecule has 0 aliphatic rings. The summed E-state index contributed by atoms with van der Waals surface area (Å²) in [6.45, 7) is 2.16. The lowest BCUT2D eigenvalue weighted by molar-refractivity contribution is 0.414. The molecule has 2 aromatic carbocycles. The predicted octanol–water partition coefficient (Wildman–Crippen LogP) is 4.35. The van der Waals surface area contributed by atoms with Crippen LogP contribution < -0.4 is 10.1 Å². The maximum absolute atomic E-state index is 5.18. The molecule has 0 aliphatic heterocycles. The Kier molecular flexibility index (Phi) is 3.33. The summed E-state index contributed by atoms with van der Waals surface area (Å²) in [6, 6.07) is 16.8. The highest BCUT2D eigenvalue weighted by atomic mass is 16.5. The van der Waals surface area contributed by atoms with Gasteiger partial charge in [0.1, 0.15) is 5.75 Å². The van der Waals surface area contributed by atoms with Crippen molar-refractivity contribution in [3.8, 4) is 5.75 Å². The van der Waals surface area contributed by atoms with Crippen LogP contribution in [0.4, 0.5) is 5.69 Å². The second-order valence-electron chi connectivity index (χ2n) is 4.92. The van der Waals surface area contributed by atoms with Gasteiger partial charge in [-0.1, -0.05) is 12.1 Å². The zero-order chi connectivity index (χ0) is 13.9. The van der Waals surface area contributed by atoms with Crippen LogP contribution in [0.3, 0.4) is 0 Å². The minimum Gasteiger partial charge on any atom is -0.497 e. The number of aromatic amines is 1. The van der Waals surface area contributed by atoms with Gasteiger partial charge in [-0.3, -0.25) is 0 Å². The smallest absolute Gasteiger partial charge is 0.118 e. The summed E-state index contributed by atoms with van der Waals surface area (Å²) in [4.78, 5) is 3.20. The zero-order valence-electron chi connectivity index (χ0n) is 11.7. The first kappa shape index (κ1) is 12.6. The summed E-state index contributed by atoms with van der Waals surface area (Å²) >= 11 is 0. The van der Waals surface area contributed by atoms with E-state index in [1.54, 1.807) is 7.11 Å². The third-order valence-electron chi connectivity index (χ3n) is 3.55. The Balaban J connectivity index is 1.78. The van der Waals surface area contributed by atoms with Gasteiger partial charge < -0.3 is 15.0 Å². The average molecular weight is 266 g/mol. The highest BCUT2D eigenvalue weighted by Gasteiger charge is 2.06. The normalized spacial score (nSPS) is 12.3. The summed E-state index contributed by atoms with van der Waals surface area (Å²) < 4.78 is 5.18. The number of hydrogen-bond donors (Lipinski definition) is 2. The highest BCUT2D eigenvalue weighted by molar-refractivity contribution is 5.83. The van der Waals surface area contributed by atoms with E-state index < -0.39 is 0 Å². The van der Waals surface area contributed by atoms with Gasteiger partial charge in [-0.25, -0.2) is 0 Å². The number of ether oxygens (including phenoxy) is 1. The van der Waals surface area contributed by atoms with E-state index in [2.05, 4.69) is 53.6 Å². The van der Waals surface area contributed by atoms with Gasteiger partial charge in [-0.15, -0.1) is 0 Å². The summed E-state index contributed by atoms with van der Waals surface area (Å²) in [5.74, 6) is 0.884. The van der Waals surface area contributed by atoms with Gasteiger partial charge in [0.15, 0.2) is 0 Å². The number of fused-ring (bicyclic) bond motifs is 1. The summed E-state index contributed by atoms with van der Waals surface area (Å²) in [6.07, 6.45) is 1.96. The first-order valence-corrected chi connectivity index (χ1v) is 6.74. The molecule has 0 spiro atoms. The lowest BCUT2D eigenvalue weighted by Gasteiger charge is -2.16. The molecule has 1 heterocycles. The predicted molar refractivity (Wildman–Crippen MR) is 83.3 cm³/mol. The monoisotopic (exact) mass is 266 g/mol. The summed E-state index contributed by atoms with van der Waals surface area (Å²) in [5.41, 5.74) is 3.52. The minimum atomic E-state index is 0.247. The number of H-pyrrole nitrogens is 1. The maximum atomic E-state index is 5.18. The Labute approximate surface area is 118 Å². The van der Waals surface area contributed by atoms with Gasteiger partial charge in [-0.05, 0) is 48.9 Å². The van der Waals surface area contributed by atoms with Gasteiger partial charge in [0.05, 0.1) is 7.11 Å². The molecule has 1 aromatic heterocycles. The fraction of sp³-hybridized carbons (Fsp3) is 0.176. The maximum Gasteiger partial charge on any atom is 0.118 e. The molecule has 0 fully saturated rings. The van der Waals surface area contributed by atoms with E-state index in [9.17, 15) is 0 Å². The molecule has 1 unspecified atom stereocenters. The van der Waals surface area contributed by atoms with Crippen LogP contribution in [0.1, 0.15) is 18.5 Å². The van der Waals surface area contributed by atoms with Crippen molar-refractivity contribution in [1.29, 1.82) is 0 Å². The number of aromatic nitrogens is 1. The molecule has 3 nitrogen and oxygen atoms in total. The molecule has 0 radical (unpaired) electrons. The topological polar surface area (TPSA) is 37.0 Å². The minimum absolute atomic E-state index is 0.247. The number of hydrogen-bond acceptors (Lipinski definition) is 2. The van der Waals surface area contributed by atoms with Crippen LogP contribution in [0, 0.1) is 0 Å². The molecule has 102 valence electrons. The molecular weight excluding hydrogens is 248 g/mol. The molecule has 0 saturated carbocycles. The Morgan fingerprint density at radius 1 is 1.05 bits per heavy atom. The lowest BCUT2D eigenvalue weighted by atomic mass is 10.1. The number of rotatable bonds is 4. The van der Waals surface area contributed by atoms with Crippen molar-refractivity contribution in [3.63, 3.8) is 0 Å². The van der Waals surface area contributed by atoms with E-state index in [-0.39, 0.29) is 6.04 Å². The van der Waals surface area contributed by atoms with Crippen molar-refractivity contribution in [3.05, 3.63) is 60.3 Å². The van der Waals surface area contributed by atoms with Crippen molar-refractivity contribution in [2.24, 2.45) is 0 Å². The SMILES string of the molecule is COc1ccc(C(C)Nc2ccc3[nH]ccc3c2)cc1. The molecule has 0 bridgehead atoms. The molecule has 3 heteroatoms. The zero-order valence-corrected chi connectivity index (χ0v) is 11.7. The first-order valence-electron chi connectivity index (χ1n) is 6.74. The van der Waals surface area contributed by atoms with Gasteiger partial charge >= 0.3 is 0 Å². The standard InChI is InChI=1S/C17H18N2O/c1-12(13-3-6-16(20-2)7-4-13)19-15-5-8-17-14(11-15)9-10-18-17/h3-12,18-19H,1-2H3. The van der Waals surface area contributed by atoms with Gasteiger partial charge in [0.2, 0.25) is 0 Å². The number of methoxy groups -OCH3 is 1. The van der Waals surface area contributed by atoms with Crippen LogP contribution in [-0.4, -0.2) is 12.1 Å². The van der Waals surface area contributed by atoms with Gasteiger partial charge in [0, 0.05) is 28.8 Å². The quantitative estimate of drug-likeness (QED) is 0.736. The van der Waals surface area contributed by atoms with Crippen LogP contribution in [0.25, 0.3) is 10.9 Å². The molecule has 0 aliphatic carbocycles. The molecule has 3 aromatic rings. The molecule has 0 saturated heterocycles. The molecule has 2 N–H and O–H groups in total. The summed E-state index contributed by atoms with van der Waals surface area (Å²) in [7, 11) is 1.68. The molecule has 0 amide bonds. The van der Waals surface area contributed by atoms with Crippen LogP contribution in [0.5, 0.6) is 5.75 Å². The Hall–Kier alpha value is -2.42. The van der Waals surface area contributed by atoms with Crippen molar-refractivity contribution in [1.82, 2.24) is 4.98 Å². The highest BCUT2D eigenvalue weighted by Crippen LogP contribution is 2.24. The second-order valence-corrected chi connectivity index (χ2v) is 4.92. The van der Waals surface area contributed by atoms with E-state index in [1.165, 1.54) is 10.9 Å². The van der Waals surface area contributed by atoms with E-state index in [0.717, 1.165) is 17.0 Å². The van der Waals surface area contributed by atoms with E-state index in [4.69, 9.17) is 4.74 Å². The third kappa shape index (κ3) is 2.48.